The van der Waals surface area contributed by atoms with Crippen molar-refractivity contribution in [3.8, 4) is 0 Å². The van der Waals surface area contributed by atoms with Gasteiger partial charge in [-0.2, -0.15) is 0 Å². The smallest absolute Gasteiger partial charge is 0.0446 e. The summed E-state index contributed by atoms with van der Waals surface area (Å²) in [6, 6.07) is 8.12. The van der Waals surface area contributed by atoms with E-state index in [-0.39, 0.29) is 0 Å². The maximum Gasteiger partial charge on any atom is 0.0446 e. The fourth-order valence-corrected chi connectivity index (χ4v) is 1.06. The van der Waals surface area contributed by atoms with E-state index in [9.17, 15) is 0 Å². The molecule has 0 spiro atoms. The Balaban J connectivity index is 2.91. The average molecular weight is 141 g/mol. The van der Waals surface area contributed by atoms with Gasteiger partial charge in [0.15, 0.2) is 0 Å². The number of rotatable bonds is 0. The van der Waals surface area contributed by atoms with E-state index in [4.69, 9.17) is 0 Å². The third-order valence-electron chi connectivity index (χ3n) is 1.61. The second-order valence-corrected chi connectivity index (χ2v) is 2.35. The maximum absolute atomic E-state index is 3.95. The minimum Gasteiger partial charge on any atom is -0.214 e. The quantitative estimate of drug-likeness (QED) is 0.497. The van der Waals surface area contributed by atoms with Crippen LogP contribution in [0.3, 0.4) is 0 Å². The first kappa shape index (κ1) is 6.14. The largest absolute Gasteiger partial charge is 0.214 e. The highest BCUT2D eigenvalue weighted by molar-refractivity contribution is 5.67. The van der Waals surface area contributed by atoms with Gasteiger partial charge in [-0.15, -0.1) is 0 Å². The molecule has 0 saturated carbocycles. The Labute approximate surface area is 64.7 Å². The average Bonchev–Trinajstić information content (AvgIpc) is 2.28. The second kappa shape index (κ2) is 2.57. The van der Waals surface area contributed by atoms with Crippen LogP contribution in [0.15, 0.2) is 35.3 Å². The molecule has 1 aromatic rings. The van der Waals surface area contributed by atoms with E-state index >= 15 is 0 Å². The first-order valence-corrected chi connectivity index (χ1v) is 3.51. The zero-order chi connectivity index (χ0) is 7.52. The maximum atomic E-state index is 3.95. The molecule has 0 radical (unpaired) electrons. The normalized spacial score (nSPS) is 12.7. The van der Waals surface area contributed by atoms with Gasteiger partial charge in [0.05, 0.1) is 0 Å². The molecule has 1 aliphatic rings. The molecule has 0 aliphatic carbocycles. The summed E-state index contributed by atoms with van der Waals surface area (Å²) in [6.45, 7) is 0. The van der Waals surface area contributed by atoms with Crippen molar-refractivity contribution in [2.75, 3.05) is 0 Å². The van der Waals surface area contributed by atoms with Crippen LogP contribution in [-0.2, 0) is 0 Å². The van der Waals surface area contributed by atoms with Crippen molar-refractivity contribution in [2.24, 2.45) is 4.99 Å². The number of benzene rings is 1. The van der Waals surface area contributed by atoms with Crippen molar-refractivity contribution in [1.29, 1.82) is 0 Å². The molecule has 1 nitrogen and oxygen atoms in total. The molecule has 1 heterocycles. The molecule has 0 unspecified atom stereocenters. The molecule has 1 aromatic carbocycles. The van der Waals surface area contributed by atoms with Crippen LogP contribution in [0.2, 0.25) is 0 Å². The molecular formula is C10H7N. The molecule has 52 valence electrons. The fourth-order valence-electron chi connectivity index (χ4n) is 1.06. The van der Waals surface area contributed by atoms with Crippen molar-refractivity contribution in [2.45, 2.75) is 0 Å². The number of hydrogen-bond acceptors (Lipinski definition) is 1. The first-order valence-electron chi connectivity index (χ1n) is 3.51. The molecule has 1 aliphatic heterocycles. The number of fused-ring (bicyclic) bond motifs is 1. The zero-order valence-electron chi connectivity index (χ0n) is 5.99. The Kier molecular flexibility index (Phi) is 1.43. The predicted octanol–water partition coefficient (Wildman–Crippen LogP) is 0.445. The van der Waals surface area contributed by atoms with Crippen molar-refractivity contribution in [1.82, 2.24) is 0 Å². The van der Waals surface area contributed by atoms with Crippen LogP contribution in [-0.4, -0.2) is 5.87 Å². The summed E-state index contributed by atoms with van der Waals surface area (Å²) in [6.07, 6.45) is 5.64. The highest BCUT2D eigenvalue weighted by Gasteiger charge is 1.82. The van der Waals surface area contributed by atoms with Gasteiger partial charge in [-0.05, 0) is 17.2 Å². The van der Waals surface area contributed by atoms with E-state index in [0.717, 1.165) is 5.22 Å². The molecule has 0 saturated heterocycles. The summed E-state index contributed by atoms with van der Waals surface area (Å²) in [4.78, 5) is 3.95. The van der Waals surface area contributed by atoms with Gasteiger partial charge < -0.3 is 0 Å². The van der Waals surface area contributed by atoms with Crippen LogP contribution in [0.25, 0.3) is 12.3 Å². The van der Waals surface area contributed by atoms with Gasteiger partial charge in [0, 0.05) is 17.5 Å². The van der Waals surface area contributed by atoms with Crippen LogP contribution in [0.5, 0.6) is 0 Å². The predicted molar refractivity (Wildman–Crippen MR) is 46.6 cm³/mol. The summed E-state index contributed by atoms with van der Waals surface area (Å²) in [5.41, 5.74) is 0. The lowest BCUT2D eigenvalue weighted by Gasteiger charge is -1.83. The third kappa shape index (κ3) is 1.14. The van der Waals surface area contributed by atoms with E-state index in [1.54, 1.807) is 0 Å². The monoisotopic (exact) mass is 141 g/mol. The number of hydrogen-bond donors (Lipinski definition) is 0. The number of nitrogens with zero attached hydrogens (tertiary/aromatic N) is 1. The minimum atomic E-state index is 1.15. The summed E-state index contributed by atoms with van der Waals surface area (Å²) < 4.78 is 0. The van der Waals surface area contributed by atoms with E-state index in [1.165, 1.54) is 5.22 Å². The van der Waals surface area contributed by atoms with Crippen molar-refractivity contribution >= 4 is 18.1 Å². The molecule has 0 fully saturated rings. The first-order chi connectivity index (χ1) is 5.47. The Hall–Kier alpha value is -1.59. The van der Waals surface area contributed by atoms with Crippen LogP contribution in [0, 0.1) is 0 Å². The standard InChI is InChI=1S/C10H7N/c1-2-5-10-8-11-7-3-6-9(10)4-1/h1-6,8H. The SMILES string of the molecule is C1=CC=c2ccccc2=CN=1. The molecule has 0 aromatic heterocycles. The highest BCUT2D eigenvalue weighted by atomic mass is 14.6. The van der Waals surface area contributed by atoms with Crippen LogP contribution in [0.1, 0.15) is 0 Å². The lowest BCUT2D eigenvalue weighted by atomic mass is 10.2. The molecule has 0 atom stereocenters. The van der Waals surface area contributed by atoms with E-state index in [2.05, 4.69) is 16.9 Å². The number of allylic oxidation sites excluding steroid dienone is 1. The van der Waals surface area contributed by atoms with E-state index in [0.29, 0.717) is 0 Å². The molecule has 0 bridgehead atoms. The van der Waals surface area contributed by atoms with Crippen LogP contribution < -0.4 is 10.4 Å². The summed E-state index contributed by atoms with van der Waals surface area (Å²) in [7, 11) is 0. The van der Waals surface area contributed by atoms with Crippen molar-refractivity contribution in [3.63, 3.8) is 0 Å². The molecule has 0 N–H and O–H groups in total. The third-order valence-corrected chi connectivity index (χ3v) is 1.61. The van der Waals surface area contributed by atoms with Crippen molar-refractivity contribution in [3.05, 3.63) is 40.8 Å². The Bertz CT molecular complexity index is 395. The zero-order valence-corrected chi connectivity index (χ0v) is 5.99. The lowest BCUT2D eigenvalue weighted by molar-refractivity contribution is 1.50. The van der Waals surface area contributed by atoms with Crippen LogP contribution >= 0.6 is 0 Å². The summed E-state index contributed by atoms with van der Waals surface area (Å²) >= 11 is 0. The molecular weight excluding hydrogens is 134 g/mol. The summed E-state index contributed by atoms with van der Waals surface area (Å²) in [5.74, 6) is 2.78. The fraction of sp³-hybridized carbons (Fsp3) is 0. The van der Waals surface area contributed by atoms with Crippen molar-refractivity contribution < 1.29 is 0 Å². The Morgan fingerprint density at radius 3 is 2.82 bits per heavy atom. The molecule has 1 heteroatoms. The van der Waals surface area contributed by atoms with E-state index in [1.807, 2.05) is 36.6 Å². The molecule has 11 heavy (non-hydrogen) atoms. The van der Waals surface area contributed by atoms with Gasteiger partial charge in [-0.3, -0.25) is 0 Å². The van der Waals surface area contributed by atoms with Gasteiger partial charge in [0.2, 0.25) is 0 Å². The van der Waals surface area contributed by atoms with Gasteiger partial charge in [-0.25, -0.2) is 4.99 Å². The van der Waals surface area contributed by atoms with Gasteiger partial charge in [0.1, 0.15) is 0 Å². The van der Waals surface area contributed by atoms with Gasteiger partial charge in [-0.1, -0.05) is 24.3 Å². The van der Waals surface area contributed by atoms with Gasteiger partial charge in [0.25, 0.3) is 0 Å². The highest BCUT2D eigenvalue weighted by Crippen LogP contribution is 1.76. The van der Waals surface area contributed by atoms with Gasteiger partial charge >= 0.3 is 0 Å². The Morgan fingerprint density at radius 1 is 1.09 bits per heavy atom. The minimum absolute atomic E-state index is 1.15. The molecule has 0 amide bonds. The number of aliphatic imine (C=N–C) groups is 1. The topological polar surface area (TPSA) is 12.4 Å². The lowest BCUT2D eigenvalue weighted by Crippen LogP contribution is -2.22. The van der Waals surface area contributed by atoms with E-state index < -0.39 is 0 Å². The Morgan fingerprint density at radius 2 is 1.91 bits per heavy atom. The molecule has 2 rings (SSSR count). The summed E-state index contributed by atoms with van der Waals surface area (Å²) in [5, 5.41) is 2.34. The second-order valence-electron chi connectivity index (χ2n) is 2.35. The van der Waals surface area contributed by atoms with Crippen LogP contribution in [0.4, 0.5) is 0 Å².